The van der Waals surface area contributed by atoms with Crippen LogP contribution in [0.1, 0.15) is 33.2 Å². The Balaban J connectivity index is 1.50. The number of hydrogen-bond acceptors (Lipinski definition) is 7. The van der Waals surface area contributed by atoms with Crippen molar-refractivity contribution in [1.82, 2.24) is 34.5 Å². The molecule has 0 radical (unpaired) electrons. The fraction of sp³-hybridized carbons (Fsp3) is 0.435. The number of anilines is 1. The minimum absolute atomic E-state index is 0.0231. The third kappa shape index (κ3) is 4.02. The van der Waals surface area contributed by atoms with Crippen molar-refractivity contribution < 1.29 is 18.3 Å². The molecule has 0 aliphatic carbocycles. The number of fused-ring (bicyclic) bond motifs is 2. The number of methoxy groups -OCH3 is 1. The lowest BCUT2D eigenvalue weighted by atomic mass is 10.0. The molecule has 0 bridgehead atoms. The molecular formula is C23H26F2N8O2. The average molecular weight is 485 g/mol. The Kier molecular flexibility index (Phi) is 5.53. The van der Waals surface area contributed by atoms with E-state index in [1.165, 1.54) is 14.0 Å². The quantitative estimate of drug-likeness (QED) is 0.463. The van der Waals surface area contributed by atoms with Gasteiger partial charge in [-0.05, 0) is 44.0 Å². The number of carbonyl (C=O) groups excluding carboxylic acids is 1. The molecule has 12 heteroatoms. The second kappa shape index (κ2) is 8.43. The Hall–Kier alpha value is -3.83. The van der Waals surface area contributed by atoms with Crippen molar-refractivity contribution in [3.05, 3.63) is 30.5 Å². The van der Waals surface area contributed by atoms with Crippen LogP contribution in [0.2, 0.25) is 0 Å². The van der Waals surface area contributed by atoms with Gasteiger partial charge in [0.05, 0.1) is 25.2 Å². The number of ether oxygens (including phenoxy) is 1. The van der Waals surface area contributed by atoms with Gasteiger partial charge in [-0.2, -0.15) is 4.98 Å². The van der Waals surface area contributed by atoms with Gasteiger partial charge in [0.1, 0.15) is 11.0 Å². The molecule has 1 N–H and O–H groups in total. The van der Waals surface area contributed by atoms with Crippen LogP contribution in [-0.4, -0.2) is 72.6 Å². The van der Waals surface area contributed by atoms with Crippen molar-refractivity contribution >= 4 is 28.4 Å². The highest BCUT2D eigenvalue weighted by Crippen LogP contribution is 2.34. The van der Waals surface area contributed by atoms with Crippen molar-refractivity contribution in [3.63, 3.8) is 0 Å². The first-order valence-corrected chi connectivity index (χ1v) is 11.4. The molecule has 5 rings (SSSR count). The summed E-state index contributed by atoms with van der Waals surface area (Å²) in [6, 6.07) is 6.65. The van der Waals surface area contributed by atoms with Crippen LogP contribution in [0, 0.1) is 0 Å². The van der Waals surface area contributed by atoms with Gasteiger partial charge in [-0.25, -0.2) is 18.0 Å². The predicted octanol–water partition coefficient (Wildman–Crippen LogP) is 3.40. The molecule has 1 saturated heterocycles. The monoisotopic (exact) mass is 484 g/mol. The smallest absolute Gasteiger partial charge is 0.285 e. The van der Waals surface area contributed by atoms with Crippen molar-refractivity contribution in [2.45, 2.75) is 45.2 Å². The first kappa shape index (κ1) is 22.9. The van der Waals surface area contributed by atoms with E-state index in [4.69, 9.17) is 4.74 Å². The first-order valence-electron chi connectivity index (χ1n) is 11.4. The third-order valence-electron chi connectivity index (χ3n) is 6.29. The van der Waals surface area contributed by atoms with Gasteiger partial charge < -0.3 is 15.0 Å². The second-order valence-electron chi connectivity index (χ2n) is 8.99. The molecule has 0 unspecified atom stereocenters. The molecule has 4 heterocycles. The molecule has 1 aromatic carbocycles. The van der Waals surface area contributed by atoms with Gasteiger partial charge in [0.2, 0.25) is 17.7 Å². The molecule has 4 aromatic rings. The van der Waals surface area contributed by atoms with Crippen LogP contribution in [0.4, 0.5) is 14.7 Å². The minimum atomic E-state index is -3.12. The maximum Gasteiger partial charge on any atom is 0.285 e. The Morgan fingerprint density at radius 2 is 2.09 bits per heavy atom. The Bertz CT molecular complexity index is 1410. The number of rotatable bonds is 5. The van der Waals surface area contributed by atoms with Crippen molar-refractivity contribution in [2.75, 3.05) is 25.5 Å². The summed E-state index contributed by atoms with van der Waals surface area (Å²) in [5.74, 6) is -3.22. The topological polar surface area (TPSA) is 102 Å². The lowest BCUT2D eigenvalue weighted by Crippen LogP contribution is -2.55. The normalized spacial score (nSPS) is 17.9. The Labute approximate surface area is 199 Å². The van der Waals surface area contributed by atoms with Gasteiger partial charge in [-0.3, -0.25) is 4.79 Å². The van der Waals surface area contributed by atoms with E-state index >= 15 is 0 Å². The van der Waals surface area contributed by atoms with Gasteiger partial charge in [0, 0.05) is 31.3 Å². The van der Waals surface area contributed by atoms with Crippen LogP contribution < -0.4 is 10.1 Å². The average Bonchev–Trinajstić information content (AvgIpc) is 3.43. The number of piperidine rings is 1. The molecule has 0 saturated carbocycles. The Morgan fingerprint density at radius 3 is 2.77 bits per heavy atom. The van der Waals surface area contributed by atoms with E-state index in [-0.39, 0.29) is 36.7 Å². The van der Waals surface area contributed by atoms with E-state index in [0.717, 1.165) is 27.1 Å². The number of amides is 1. The van der Waals surface area contributed by atoms with E-state index in [1.54, 1.807) is 10.7 Å². The molecule has 1 atom stereocenters. The fourth-order valence-corrected chi connectivity index (χ4v) is 4.46. The number of aromatic nitrogens is 6. The van der Waals surface area contributed by atoms with Crippen LogP contribution in [-0.2, 0) is 4.79 Å². The highest BCUT2D eigenvalue weighted by molar-refractivity contribution is 5.89. The predicted molar refractivity (Wildman–Crippen MR) is 126 cm³/mol. The van der Waals surface area contributed by atoms with Crippen LogP contribution >= 0.6 is 0 Å². The number of hydrogen-bond donors (Lipinski definition) is 1. The number of likely N-dealkylation sites (tertiary alicyclic amines) is 1. The van der Waals surface area contributed by atoms with E-state index < -0.39 is 18.5 Å². The van der Waals surface area contributed by atoms with Gasteiger partial charge in [0.25, 0.3) is 5.92 Å². The van der Waals surface area contributed by atoms with Crippen LogP contribution in [0.3, 0.4) is 0 Å². The summed E-state index contributed by atoms with van der Waals surface area (Å²) in [6.07, 6.45) is 1.81. The van der Waals surface area contributed by atoms with Crippen molar-refractivity contribution in [2.24, 2.45) is 0 Å². The zero-order chi connectivity index (χ0) is 24.9. The first-order chi connectivity index (χ1) is 16.7. The molecular weight excluding hydrogens is 458 g/mol. The molecule has 1 aliphatic rings. The summed E-state index contributed by atoms with van der Waals surface area (Å²) in [4.78, 5) is 17.1. The van der Waals surface area contributed by atoms with Crippen LogP contribution in [0.25, 0.3) is 27.7 Å². The second-order valence-corrected chi connectivity index (χ2v) is 8.99. The van der Waals surface area contributed by atoms with Gasteiger partial charge >= 0.3 is 0 Å². The van der Waals surface area contributed by atoms with Crippen molar-refractivity contribution in [1.29, 1.82) is 0 Å². The zero-order valence-corrected chi connectivity index (χ0v) is 19.9. The molecule has 1 fully saturated rings. The number of halogens is 2. The summed E-state index contributed by atoms with van der Waals surface area (Å²) in [5, 5.41) is 15.6. The number of benzene rings is 1. The van der Waals surface area contributed by atoms with Gasteiger partial charge in [0.15, 0.2) is 0 Å². The van der Waals surface area contributed by atoms with E-state index in [1.807, 2.05) is 42.8 Å². The van der Waals surface area contributed by atoms with Crippen molar-refractivity contribution in [3.8, 4) is 17.0 Å². The number of alkyl halides is 2. The summed E-state index contributed by atoms with van der Waals surface area (Å²) >= 11 is 0. The summed E-state index contributed by atoms with van der Waals surface area (Å²) in [6.45, 7) is 4.96. The zero-order valence-electron chi connectivity index (χ0n) is 19.9. The lowest BCUT2D eigenvalue weighted by molar-refractivity contribution is -0.140. The summed E-state index contributed by atoms with van der Waals surface area (Å²) in [7, 11) is 1.48. The van der Waals surface area contributed by atoms with Gasteiger partial charge in [-0.15, -0.1) is 10.2 Å². The largest absolute Gasteiger partial charge is 0.479 e. The molecule has 184 valence electrons. The molecule has 35 heavy (non-hydrogen) atoms. The maximum atomic E-state index is 14.7. The SMILES string of the molecule is COc1nc(N[C@@H]2CCN(C(C)=O)CC2(F)F)nn2ccc(-c3ccc4nnn(C(C)C)c4c3)c12. The molecule has 10 nitrogen and oxygen atoms in total. The maximum absolute atomic E-state index is 14.7. The number of carbonyl (C=O) groups is 1. The van der Waals surface area contributed by atoms with Crippen LogP contribution in [0.15, 0.2) is 30.5 Å². The Morgan fingerprint density at radius 1 is 1.29 bits per heavy atom. The van der Waals surface area contributed by atoms with Crippen LogP contribution in [0.5, 0.6) is 5.88 Å². The van der Waals surface area contributed by atoms with E-state index in [2.05, 4.69) is 25.7 Å². The highest BCUT2D eigenvalue weighted by Gasteiger charge is 2.45. The lowest BCUT2D eigenvalue weighted by Gasteiger charge is -2.38. The third-order valence-corrected chi connectivity index (χ3v) is 6.29. The standard InChI is InChI=1S/C23H26F2N8O2/c1-13(2)33-18-11-15(5-6-17(18)28-30-33)16-7-10-32-20(16)21(35-4)27-22(29-32)26-19-8-9-31(14(3)34)12-23(19,24)25/h5-7,10-11,13,19H,8-9,12H2,1-4H3,(H,26,29)/t19-/m1/s1. The number of nitrogens with zero attached hydrogens (tertiary/aromatic N) is 7. The van der Waals surface area contributed by atoms with E-state index in [9.17, 15) is 13.6 Å². The summed E-state index contributed by atoms with van der Waals surface area (Å²) in [5.41, 5.74) is 4.02. The van der Waals surface area contributed by atoms with Gasteiger partial charge in [-0.1, -0.05) is 11.3 Å². The fourth-order valence-electron chi connectivity index (χ4n) is 4.46. The molecule has 0 spiro atoms. The molecule has 3 aromatic heterocycles. The minimum Gasteiger partial charge on any atom is -0.479 e. The molecule has 1 aliphatic heterocycles. The highest BCUT2D eigenvalue weighted by atomic mass is 19.3. The molecule has 1 amide bonds. The van der Waals surface area contributed by atoms with E-state index in [0.29, 0.717) is 5.52 Å². The summed E-state index contributed by atoms with van der Waals surface area (Å²) < 4.78 is 38.4. The number of nitrogens with one attached hydrogen (secondary N) is 1.